The average molecular weight is 343 g/mol. The molecule has 0 fully saturated rings. The molecule has 1 aliphatic heterocycles. The predicted octanol–water partition coefficient (Wildman–Crippen LogP) is 2.89. The van der Waals surface area contributed by atoms with E-state index in [9.17, 15) is 9.59 Å². The predicted molar refractivity (Wildman–Crippen MR) is 96.4 cm³/mol. The number of carbonyl (C=O) groups is 1. The van der Waals surface area contributed by atoms with Gasteiger partial charge in [0.1, 0.15) is 5.56 Å². The van der Waals surface area contributed by atoms with Gasteiger partial charge in [-0.2, -0.15) is 5.10 Å². The number of H-pyrrole nitrogens is 1. The molecule has 3 rings (SSSR count). The number of nitrogens with one attached hydrogen (secondary N) is 1. The summed E-state index contributed by atoms with van der Waals surface area (Å²) in [6.07, 6.45) is 4.24. The van der Waals surface area contributed by atoms with E-state index in [-0.39, 0.29) is 17.0 Å². The van der Waals surface area contributed by atoms with E-state index in [2.05, 4.69) is 27.7 Å². The molecule has 24 heavy (non-hydrogen) atoms. The molecule has 0 atom stereocenters. The number of aromatic amines is 1. The Balaban J connectivity index is 1.87. The van der Waals surface area contributed by atoms with E-state index in [1.165, 1.54) is 10.5 Å². The van der Waals surface area contributed by atoms with Crippen LogP contribution in [0.2, 0.25) is 0 Å². The van der Waals surface area contributed by atoms with Gasteiger partial charge in [-0.3, -0.25) is 9.59 Å². The first-order chi connectivity index (χ1) is 11.7. The molecular formula is C18H21N3O2S. The highest BCUT2D eigenvalue weighted by atomic mass is 32.1. The van der Waals surface area contributed by atoms with Crippen LogP contribution in [0.25, 0.3) is 5.57 Å². The summed E-state index contributed by atoms with van der Waals surface area (Å²) >= 11 is 1.71. The van der Waals surface area contributed by atoms with Crippen molar-refractivity contribution in [2.45, 2.75) is 33.1 Å². The molecule has 1 aliphatic rings. The maximum absolute atomic E-state index is 12.9. The molecule has 3 heterocycles. The van der Waals surface area contributed by atoms with Crippen LogP contribution in [0.3, 0.4) is 0 Å². The van der Waals surface area contributed by atoms with Crippen molar-refractivity contribution in [3.05, 3.63) is 55.6 Å². The van der Waals surface area contributed by atoms with Gasteiger partial charge in [-0.25, -0.2) is 5.10 Å². The van der Waals surface area contributed by atoms with Gasteiger partial charge in [0.15, 0.2) is 0 Å². The number of nitrogens with zero attached hydrogens (tertiary/aromatic N) is 2. The zero-order chi connectivity index (χ0) is 17.1. The maximum Gasteiger partial charge on any atom is 0.277 e. The lowest BCUT2D eigenvalue weighted by molar-refractivity contribution is 0.0769. The summed E-state index contributed by atoms with van der Waals surface area (Å²) in [5.41, 5.74) is 2.73. The molecule has 1 N–H and O–H groups in total. The summed E-state index contributed by atoms with van der Waals surface area (Å²) in [5, 5.41) is 8.62. The highest BCUT2D eigenvalue weighted by Gasteiger charge is 2.25. The lowest BCUT2D eigenvalue weighted by atomic mass is 10.0. The highest BCUT2D eigenvalue weighted by Crippen LogP contribution is 2.26. The number of hydrogen-bond donors (Lipinski definition) is 1. The fraction of sp³-hybridized carbons (Fsp3) is 0.389. The second-order valence-corrected chi connectivity index (χ2v) is 6.72. The molecule has 2 aromatic rings. The van der Waals surface area contributed by atoms with Crippen molar-refractivity contribution in [1.29, 1.82) is 0 Å². The van der Waals surface area contributed by atoms with E-state index in [4.69, 9.17) is 0 Å². The van der Waals surface area contributed by atoms with Crippen LogP contribution in [0.5, 0.6) is 0 Å². The Morgan fingerprint density at radius 2 is 2.21 bits per heavy atom. The summed E-state index contributed by atoms with van der Waals surface area (Å²) < 4.78 is 0. The first-order valence-corrected chi connectivity index (χ1v) is 9.16. The van der Waals surface area contributed by atoms with Gasteiger partial charge < -0.3 is 4.90 Å². The number of amides is 1. The number of aryl methyl sites for hydroxylation is 1. The third kappa shape index (κ3) is 3.06. The van der Waals surface area contributed by atoms with Crippen LogP contribution in [-0.2, 0) is 12.8 Å². The average Bonchev–Trinajstić information content (AvgIpc) is 3.15. The highest BCUT2D eigenvalue weighted by molar-refractivity contribution is 7.11. The third-order valence-corrected chi connectivity index (χ3v) is 5.35. The Kier molecular flexibility index (Phi) is 4.94. The second-order valence-electron chi connectivity index (χ2n) is 5.77. The Hall–Kier alpha value is -2.21. The molecule has 0 spiro atoms. The first kappa shape index (κ1) is 16.6. The number of aromatic nitrogens is 2. The van der Waals surface area contributed by atoms with Gasteiger partial charge in [0.25, 0.3) is 11.5 Å². The molecule has 2 aromatic heterocycles. The minimum atomic E-state index is -0.387. The SMILES string of the molecule is CCc1n[nH]c(=O)c(C(=O)N2CC=C(c3cccs3)CC2)c1CC. The smallest absolute Gasteiger partial charge is 0.277 e. The van der Waals surface area contributed by atoms with E-state index in [1.807, 2.05) is 19.9 Å². The van der Waals surface area contributed by atoms with Crippen molar-refractivity contribution < 1.29 is 4.79 Å². The molecule has 1 amide bonds. The van der Waals surface area contributed by atoms with E-state index in [0.29, 0.717) is 25.9 Å². The van der Waals surface area contributed by atoms with Crippen LogP contribution in [0, 0.1) is 0 Å². The Bertz CT molecular complexity index is 821. The molecule has 0 aliphatic carbocycles. The van der Waals surface area contributed by atoms with Gasteiger partial charge in [-0.15, -0.1) is 11.3 Å². The monoisotopic (exact) mass is 343 g/mol. The van der Waals surface area contributed by atoms with Gasteiger partial charge in [0, 0.05) is 18.0 Å². The zero-order valence-electron chi connectivity index (χ0n) is 14.0. The lowest BCUT2D eigenvalue weighted by Crippen LogP contribution is -2.39. The third-order valence-electron chi connectivity index (χ3n) is 4.41. The topological polar surface area (TPSA) is 66.1 Å². The van der Waals surface area contributed by atoms with Crippen LogP contribution in [0.15, 0.2) is 28.4 Å². The van der Waals surface area contributed by atoms with Crippen LogP contribution >= 0.6 is 11.3 Å². The van der Waals surface area contributed by atoms with Crippen molar-refractivity contribution in [3.8, 4) is 0 Å². The molecule has 5 nitrogen and oxygen atoms in total. The second kappa shape index (κ2) is 7.13. The Morgan fingerprint density at radius 3 is 2.79 bits per heavy atom. The lowest BCUT2D eigenvalue weighted by Gasteiger charge is -2.27. The fourth-order valence-corrected chi connectivity index (χ4v) is 3.92. The molecule has 6 heteroatoms. The van der Waals surface area contributed by atoms with Gasteiger partial charge in [0.05, 0.1) is 5.69 Å². The molecule has 0 bridgehead atoms. The van der Waals surface area contributed by atoms with Gasteiger partial charge >= 0.3 is 0 Å². The van der Waals surface area contributed by atoms with Crippen molar-refractivity contribution in [2.75, 3.05) is 13.1 Å². The Labute approximate surface area is 145 Å². The van der Waals surface area contributed by atoms with Crippen LogP contribution in [0.4, 0.5) is 0 Å². The number of hydrogen-bond acceptors (Lipinski definition) is 4. The summed E-state index contributed by atoms with van der Waals surface area (Å²) in [5.74, 6) is -0.188. The minimum absolute atomic E-state index is 0.188. The van der Waals surface area contributed by atoms with E-state index >= 15 is 0 Å². The van der Waals surface area contributed by atoms with E-state index in [1.54, 1.807) is 16.2 Å². The number of carbonyl (C=O) groups excluding carboxylic acids is 1. The first-order valence-electron chi connectivity index (χ1n) is 8.28. The van der Waals surface area contributed by atoms with Crippen molar-refractivity contribution in [1.82, 2.24) is 15.1 Å². The van der Waals surface area contributed by atoms with Crippen molar-refractivity contribution in [3.63, 3.8) is 0 Å². The van der Waals surface area contributed by atoms with E-state index in [0.717, 1.165) is 17.7 Å². The van der Waals surface area contributed by atoms with Crippen LogP contribution in [-0.4, -0.2) is 34.1 Å². The summed E-state index contributed by atoms with van der Waals surface area (Å²) in [4.78, 5) is 28.1. The molecule has 0 unspecified atom stereocenters. The maximum atomic E-state index is 12.9. The van der Waals surface area contributed by atoms with Gasteiger partial charge in [-0.1, -0.05) is 26.0 Å². The summed E-state index contributed by atoms with van der Waals surface area (Å²) in [7, 11) is 0. The van der Waals surface area contributed by atoms with Crippen LogP contribution in [0.1, 0.15) is 46.8 Å². The van der Waals surface area contributed by atoms with Gasteiger partial charge in [-0.05, 0) is 41.8 Å². The molecule has 0 saturated heterocycles. The standard InChI is InChI=1S/C18H21N3O2S/c1-3-13-14(4-2)19-20-17(22)16(13)18(23)21-9-7-12(8-10-21)15-6-5-11-24-15/h5-7,11H,3-4,8-10H2,1-2H3,(H,20,22). The summed E-state index contributed by atoms with van der Waals surface area (Å²) in [6.45, 7) is 5.11. The van der Waals surface area contributed by atoms with Crippen molar-refractivity contribution in [2.24, 2.45) is 0 Å². The molecule has 0 saturated carbocycles. The summed E-state index contributed by atoms with van der Waals surface area (Å²) in [6, 6.07) is 4.14. The normalized spacial score (nSPS) is 14.6. The minimum Gasteiger partial charge on any atom is -0.334 e. The molecule has 0 aromatic carbocycles. The van der Waals surface area contributed by atoms with E-state index < -0.39 is 0 Å². The number of rotatable bonds is 4. The molecule has 126 valence electrons. The Morgan fingerprint density at radius 1 is 1.38 bits per heavy atom. The van der Waals surface area contributed by atoms with Crippen LogP contribution < -0.4 is 5.56 Å². The quantitative estimate of drug-likeness (QED) is 0.928. The largest absolute Gasteiger partial charge is 0.334 e. The fourth-order valence-electron chi connectivity index (χ4n) is 3.12. The molecule has 0 radical (unpaired) electrons. The molecular weight excluding hydrogens is 322 g/mol. The van der Waals surface area contributed by atoms with Crippen molar-refractivity contribution >= 4 is 22.8 Å². The zero-order valence-corrected chi connectivity index (χ0v) is 14.8. The number of thiophene rings is 1. The van der Waals surface area contributed by atoms with Gasteiger partial charge in [0.2, 0.25) is 0 Å².